The molecule has 4 aromatic rings. The Balaban J connectivity index is 1.40. The SMILES string of the molecule is COc1ccc(C2CC(=O)c3cn4nc(SCc5ccccc5Cl)nc4nc3C2)cc1OC. The first-order valence-electron chi connectivity index (χ1n) is 10.4. The number of hydrogen-bond donors (Lipinski definition) is 0. The average molecular weight is 481 g/mol. The van der Waals surface area contributed by atoms with Crippen molar-refractivity contribution in [3.63, 3.8) is 0 Å². The Morgan fingerprint density at radius 3 is 2.70 bits per heavy atom. The van der Waals surface area contributed by atoms with Gasteiger partial charge in [0.2, 0.25) is 5.16 Å². The Hall–Kier alpha value is -3.10. The molecule has 0 spiro atoms. The van der Waals surface area contributed by atoms with Gasteiger partial charge in [0.05, 0.1) is 25.5 Å². The Morgan fingerprint density at radius 2 is 1.91 bits per heavy atom. The van der Waals surface area contributed by atoms with E-state index in [1.54, 1.807) is 24.9 Å². The summed E-state index contributed by atoms with van der Waals surface area (Å²) in [6.45, 7) is 0. The number of aromatic nitrogens is 4. The van der Waals surface area contributed by atoms with Gasteiger partial charge in [0.25, 0.3) is 5.78 Å². The van der Waals surface area contributed by atoms with Crippen LogP contribution in [0.4, 0.5) is 0 Å². The fourth-order valence-electron chi connectivity index (χ4n) is 4.03. The zero-order valence-electron chi connectivity index (χ0n) is 18.1. The lowest BCUT2D eigenvalue weighted by atomic mass is 9.82. The van der Waals surface area contributed by atoms with Crippen molar-refractivity contribution in [3.8, 4) is 11.5 Å². The van der Waals surface area contributed by atoms with Gasteiger partial charge in [-0.3, -0.25) is 4.79 Å². The lowest BCUT2D eigenvalue weighted by Crippen LogP contribution is -2.21. The largest absolute Gasteiger partial charge is 0.493 e. The number of hydrogen-bond acceptors (Lipinski definition) is 7. The molecular formula is C24H21ClN4O3S. The summed E-state index contributed by atoms with van der Waals surface area (Å²) in [6.07, 6.45) is 2.79. The van der Waals surface area contributed by atoms with Crippen LogP contribution in [0.2, 0.25) is 5.02 Å². The van der Waals surface area contributed by atoms with Crippen LogP contribution in [0.1, 0.15) is 39.5 Å². The maximum absolute atomic E-state index is 13.0. The van der Waals surface area contributed by atoms with E-state index in [0.717, 1.165) is 16.8 Å². The second-order valence-corrected chi connectivity index (χ2v) is 9.11. The quantitative estimate of drug-likeness (QED) is 0.359. The number of ketones is 1. The molecule has 2 aromatic carbocycles. The zero-order valence-corrected chi connectivity index (χ0v) is 19.7. The van der Waals surface area contributed by atoms with Gasteiger partial charge in [0.1, 0.15) is 0 Å². The van der Waals surface area contributed by atoms with Crippen molar-refractivity contribution < 1.29 is 14.3 Å². The maximum atomic E-state index is 13.0. The summed E-state index contributed by atoms with van der Waals surface area (Å²) in [5, 5.41) is 5.81. The van der Waals surface area contributed by atoms with Crippen LogP contribution < -0.4 is 9.47 Å². The van der Waals surface area contributed by atoms with Crippen LogP contribution >= 0.6 is 23.4 Å². The molecule has 33 heavy (non-hydrogen) atoms. The highest BCUT2D eigenvalue weighted by molar-refractivity contribution is 7.98. The second-order valence-electron chi connectivity index (χ2n) is 7.76. The van der Waals surface area contributed by atoms with E-state index in [2.05, 4.69) is 15.1 Å². The number of benzene rings is 2. The van der Waals surface area contributed by atoms with Crippen LogP contribution in [0.15, 0.2) is 53.8 Å². The molecule has 1 aliphatic rings. The lowest BCUT2D eigenvalue weighted by Gasteiger charge is -2.23. The van der Waals surface area contributed by atoms with Crippen molar-refractivity contribution >= 4 is 34.9 Å². The van der Waals surface area contributed by atoms with Gasteiger partial charge in [-0.2, -0.15) is 4.98 Å². The lowest BCUT2D eigenvalue weighted by molar-refractivity contribution is 0.0962. The van der Waals surface area contributed by atoms with Gasteiger partial charge >= 0.3 is 0 Å². The smallest absolute Gasteiger partial charge is 0.253 e. The first-order valence-corrected chi connectivity index (χ1v) is 11.8. The standard InChI is InChI=1S/C24H21ClN4O3S/c1-31-21-8-7-14(11-22(21)32-2)16-9-19-17(20(30)10-16)12-29-23(26-19)27-24(28-29)33-13-15-5-3-4-6-18(15)25/h3-8,11-12,16H,9-10,13H2,1-2H3. The fourth-order valence-corrected chi connectivity index (χ4v) is 5.14. The van der Waals surface area contributed by atoms with E-state index in [-0.39, 0.29) is 11.7 Å². The molecule has 1 atom stereocenters. The predicted octanol–water partition coefficient (Wildman–Crippen LogP) is 5.00. The van der Waals surface area contributed by atoms with Crippen LogP contribution in [0.5, 0.6) is 11.5 Å². The highest BCUT2D eigenvalue weighted by Crippen LogP contribution is 2.36. The second kappa shape index (κ2) is 9.03. The first-order chi connectivity index (χ1) is 16.1. The van der Waals surface area contributed by atoms with Crippen molar-refractivity contribution in [1.29, 1.82) is 0 Å². The highest BCUT2D eigenvalue weighted by Gasteiger charge is 2.29. The minimum absolute atomic E-state index is 0.0109. The minimum atomic E-state index is 0.0109. The molecular weight excluding hydrogens is 460 g/mol. The van der Waals surface area contributed by atoms with E-state index in [4.69, 9.17) is 21.1 Å². The van der Waals surface area contributed by atoms with Crippen molar-refractivity contribution in [2.24, 2.45) is 0 Å². The van der Waals surface area contributed by atoms with Crippen LogP contribution in [0.25, 0.3) is 5.78 Å². The summed E-state index contributed by atoms with van der Waals surface area (Å²) >= 11 is 7.73. The Bertz CT molecular complexity index is 1360. The molecule has 0 N–H and O–H groups in total. The van der Waals surface area contributed by atoms with E-state index in [9.17, 15) is 4.79 Å². The summed E-state index contributed by atoms with van der Waals surface area (Å²) in [5.74, 6) is 2.50. The number of rotatable bonds is 6. The number of thioether (sulfide) groups is 1. The zero-order chi connectivity index (χ0) is 22.9. The number of methoxy groups -OCH3 is 2. The van der Waals surface area contributed by atoms with Gasteiger partial charge in [0, 0.05) is 23.4 Å². The molecule has 0 saturated carbocycles. The number of halogens is 1. The van der Waals surface area contributed by atoms with Gasteiger partial charge in [-0.15, -0.1) is 5.10 Å². The van der Waals surface area contributed by atoms with E-state index in [1.165, 1.54) is 11.8 Å². The molecule has 0 radical (unpaired) electrons. The van der Waals surface area contributed by atoms with E-state index >= 15 is 0 Å². The third-order valence-corrected chi connectivity index (χ3v) is 7.01. The van der Waals surface area contributed by atoms with Crippen LogP contribution in [-0.4, -0.2) is 39.6 Å². The normalized spacial score (nSPS) is 15.5. The number of ether oxygens (including phenoxy) is 2. The molecule has 168 valence electrons. The molecule has 5 rings (SSSR count). The number of carbonyl (C=O) groups excluding carboxylic acids is 1. The van der Waals surface area contributed by atoms with Crippen molar-refractivity contribution in [3.05, 3.63) is 76.1 Å². The maximum Gasteiger partial charge on any atom is 0.253 e. The van der Waals surface area contributed by atoms with Crippen LogP contribution in [0, 0.1) is 0 Å². The van der Waals surface area contributed by atoms with Crippen molar-refractivity contribution in [2.75, 3.05) is 14.2 Å². The molecule has 2 heterocycles. The first kappa shape index (κ1) is 21.7. The summed E-state index contributed by atoms with van der Waals surface area (Å²) in [5.41, 5.74) is 3.38. The topological polar surface area (TPSA) is 78.6 Å². The number of carbonyl (C=O) groups is 1. The van der Waals surface area contributed by atoms with E-state index < -0.39 is 0 Å². The molecule has 1 unspecified atom stereocenters. The molecule has 0 bridgehead atoms. The van der Waals surface area contributed by atoms with E-state index in [0.29, 0.717) is 51.6 Å². The van der Waals surface area contributed by atoms with Gasteiger partial charge in [-0.1, -0.05) is 47.6 Å². The highest BCUT2D eigenvalue weighted by atomic mass is 35.5. The minimum Gasteiger partial charge on any atom is -0.493 e. The molecule has 2 aromatic heterocycles. The molecule has 0 fully saturated rings. The van der Waals surface area contributed by atoms with Gasteiger partial charge in [0.15, 0.2) is 17.3 Å². The summed E-state index contributed by atoms with van der Waals surface area (Å²) < 4.78 is 12.3. The monoisotopic (exact) mass is 480 g/mol. The third kappa shape index (κ3) is 4.28. The molecule has 0 amide bonds. The number of Topliss-reactive ketones (excluding diaryl/α,β-unsaturated/α-hetero) is 1. The Morgan fingerprint density at radius 1 is 1.09 bits per heavy atom. The molecule has 7 nitrogen and oxygen atoms in total. The molecule has 9 heteroatoms. The van der Waals surface area contributed by atoms with Gasteiger partial charge in [-0.25, -0.2) is 9.50 Å². The number of fused-ring (bicyclic) bond motifs is 2. The van der Waals surface area contributed by atoms with Crippen molar-refractivity contribution in [1.82, 2.24) is 19.6 Å². The Kier molecular flexibility index (Phi) is 5.95. The summed E-state index contributed by atoms with van der Waals surface area (Å²) in [4.78, 5) is 22.2. The van der Waals surface area contributed by atoms with Crippen molar-refractivity contribution in [2.45, 2.75) is 29.7 Å². The Labute approximate surface area is 200 Å². The number of nitrogens with zero attached hydrogens (tertiary/aromatic N) is 4. The molecule has 0 saturated heterocycles. The predicted molar refractivity (Wildman–Crippen MR) is 127 cm³/mol. The third-order valence-electron chi connectivity index (χ3n) is 5.76. The van der Waals surface area contributed by atoms with Gasteiger partial charge in [-0.05, 0) is 41.7 Å². The molecule has 0 aliphatic heterocycles. The van der Waals surface area contributed by atoms with E-state index in [1.807, 2.05) is 42.5 Å². The molecule has 1 aliphatic carbocycles. The summed E-state index contributed by atoms with van der Waals surface area (Å²) in [7, 11) is 3.21. The average Bonchev–Trinajstić information content (AvgIpc) is 3.23. The van der Waals surface area contributed by atoms with Gasteiger partial charge < -0.3 is 9.47 Å². The fraction of sp³-hybridized carbons (Fsp3) is 0.250. The summed E-state index contributed by atoms with van der Waals surface area (Å²) in [6, 6.07) is 13.5. The van der Waals surface area contributed by atoms with Crippen LogP contribution in [-0.2, 0) is 12.2 Å². The van der Waals surface area contributed by atoms with Crippen LogP contribution in [0.3, 0.4) is 0 Å².